The van der Waals surface area contributed by atoms with Gasteiger partial charge in [0.15, 0.2) is 5.78 Å². The van der Waals surface area contributed by atoms with Gasteiger partial charge in [-0.3, -0.25) is 4.79 Å². The van der Waals surface area contributed by atoms with Gasteiger partial charge in [-0.15, -0.1) is 0 Å². The summed E-state index contributed by atoms with van der Waals surface area (Å²) < 4.78 is 34.1. The predicted octanol–water partition coefficient (Wildman–Crippen LogP) is 4.04. The summed E-state index contributed by atoms with van der Waals surface area (Å²) in [7, 11) is -2.88. The molecule has 0 fully saturated rings. The molecule has 8 heteroatoms. The Morgan fingerprint density at radius 1 is 0.857 bits per heavy atom. The first-order chi connectivity index (χ1) is 13.6. The molecule has 0 saturated heterocycles. The molecule has 0 heterocycles. The molecule has 0 N–H and O–H groups in total. The maximum absolute atomic E-state index is 12.9. The van der Waals surface area contributed by atoms with E-state index in [4.69, 9.17) is 27.5 Å². The maximum Gasteiger partial charge on any atom is 0.501 e. The molecule has 0 saturated carbocycles. The van der Waals surface area contributed by atoms with Gasteiger partial charge in [-0.25, -0.2) is 0 Å². The topological polar surface area (TPSA) is 72.5 Å². The fourth-order valence-corrected chi connectivity index (χ4v) is 5.23. The number of carbonyl (C=O) groups excluding carboxylic acids is 1. The lowest BCUT2D eigenvalue weighted by atomic mass is 10.1. The van der Waals surface area contributed by atoms with Gasteiger partial charge >= 0.3 is 15.3 Å². The highest BCUT2D eigenvalue weighted by atomic mass is 28.4. The van der Waals surface area contributed by atoms with Crippen molar-refractivity contribution in [3.8, 4) is 5.75 Å². The van der Waals surface area contributed by atoms with E-state index in [1.54, 1.807) is 24.3 Å². The molecule has 0 aliphatic heterocycles. The summed E-state index contributed by atoms with van der Waals surface area (Å²) in [4.78, 5) is 12.9. The second-order valence-corrected chi connectivity index (χ2v) is 8.45. The van der Waals surface area contributed by atoms with Gasteiger partial charge in [0.2, 0.25) is 0 Å². The van der Waals surface area contributed by atoms with Crippen LogP contribution in [0.3, 0.4) is 0 Å². The summed E-state index contributed by atoms with van der Waals surface area (Å²) in [5.74, 6) is 0.356. The molecular formula is C20H34O7Si. The van der Waals surface area contributed by atoms with Crippen molar-refractivity contribution in [3.63, 3.8) is 0 Å². The number of hydrogen-bond acceptors (Lipinski definition) is 7. The molecule has 1 aromatic rings. The van der Waals surface area contributed by atoms with Gasteiger partial charge in [0.1, 0.15) is 5.75 Å². The fourth-order valence-electron chi connectivity index (χ4n) is 2.69. The van der Waals surface area contributed by atoms with E-state index in [9.17, 15) is 4.79 Å². The first kappa shape index (κ1) is 24.7. The van der Waals surface area contributed by atoms with E-state index in [2.05, 4.69) is 0 Å². The lowest BCUT2D eigenvalue weighted by Crippen LogP contribution is -2.46. The normalized spacial score (nSPS) is 11.8. The Kier molecular flexibility index (Phi) is 12.2. The van der Waals surface area contributed by atoms with Crippen LogP contribution in [-0.2, 0) is 22.8 Å². The number of rotatable bonds is 16. The zero-order valence-electron chi connectivity index (χ0n) is 17.7. The van der Waals surface area contributed by atoms with Gasteiger partial charge in [-0.2, -0.15) is 0 Å². The van der Waals surface area contributed by atoms with E-state index in [0.29, 0.717) is 50.4 Å². The Labute approximate surface area is 169 Å². The van der Waals surface area contributed by atoms with Crippen LogP contribution >= 0.6 is 0 Å². The van der Waals surface area contributed by atoms with E-state index in [1.807, 2.05) is 34.6 Å². The van der Waals surface area contributed by atoms with Gasteiger partial charge in [-0.05, 0) is 46.8 Å². The van der Waals surface area contributed by atoms with Crippen molar-refractivity contribution in [1.82, 2.24) is 0 Å². The van der Waals surface area contributed by atoms with Crippen molar-refractivity contribution in [2.75, 3.05) is 33.0 Å². The third-order valence-corrected chi connectivity index (χ3v) is 6.82. The Hall–Kier alpha value is -1.29. The molecule has 1 aromatic carbocycles. The minimum Gasteiger partial charge on any atom is -0.440 e. The Bertz CT molecular complexity index is 544. The second kappa shape index (κ2) is 13.8. The Balaban J connectivity index is 2.90. The summed E-state index contributed by atoms with van der Waals surface area (Å²) in [6.07, 6.45) is 0.237. The van der Waals surface area contributed by atoms with E-state index < -0.39 is 15.3 Å². The van der Waals surface area contributed by atoms with Gasteiger partial charge in [0.25, 0.3) is 0 Å². The highest BCUT2D eigenvalue weighted by Crippen LogP contribution is 2.25. The van der Waals surface area contributed by atoms with E-state index in [0.717, 1.165) is 0 Å². The minimum atomic E-state index is -2.88. The number of ether oxygens (including phenoxy) is 3. The summed E-state index contributed by atoms with van der Waals surface area (Å²) >= 11 is 0. The standard InChI is InChI=1S/C20H34O7Si/c1-6-22-20(23-7-2)27-19-14-12-11-13-17(19)18(21)15-16-28(24-8-3,25-9-4)26-10-5/h11-14,20H,6-10,15-16H2,1-5H3. The molecule has 0 bridgehead atoms. The second-order valence-electron chi connectivity index (χ2n) is 5.72. The Morgan fingerprint density at radius 3 is 1.89 bits per heavy atom. The minimum absolute atomic E-state index is 0.0710. The molecule has 28 heavy (non-hydrogen) atoms. The molecule has 0 atom stereocenters. The average molecular weight is 415 g/mol. The number of Topliss-reactive ketones (excluding diaryl/α,β-unsaturated/α-hetero) is 1. The summed E-state index contributed by atoms with van der Waals surface area (Å²) in [5.41, 5.74) is 0.472. The summed E-state index contributed by atoms with van der Waals surface area (Å²) in [5, 5.41) is 0. The van der Waals surface area contributed by atoms with Crippen molar-refractivity contribution >= 4 is 14.6 Å². The summed E-state index contributed by atoms with van der Waals surface area (Å²) in [6.45, 7) is 10.8. The fraction of sp³-hybridized carbons (Fsp3) is 0.650. The van der Waals surface area contributed by atoms with E-state index >= 15 is 0 Å². The molecule has 0 aromatic heterocycles. The van der Waals surface area contributed by atoms with Crippen molar-refractivity contribution in [1.29, 1.82) is 0 Å². The van der Waals surface area contributed by atoms with Crippen molar-refractivity contribution < 1.29 is 32.3 Å². The zero-order chi connectivity index (χ0) is 20.8. The maximum atomic E-state index is 12.9. The smallest absolute Gasteiger partial charge is 0.440 e. The van der Waals surface area contributed by atoms with Crippen molar-refractivity contribution in [2.45, 2.75) is 53.6 Å². The molecule has 0 unspecified atom stereocenters. The SMILES string of the molecule is CCOC(OCC)Oc1ccccc1C(=O)CC[Si](OCC)(OCC)OCC. The van der Waals surface area contributed by atoms with Gasteiger partial charge in [0, 0.05) is 32.3 Å². The zero-order valence-corrected chi connectivity index (χ0v) is 18.7. The Morgan fingerprint density at radius 2 is 1.39 bits per heavy atom. The third kappa shape index (κ3) is 7.98. The van der Waals surface area contributed by atoms with Crippen LogP contribution in [0.25, 0.3) is 0 Å². The quantitative estimate of drug-likeness (QED) is 0.230. The molecule has 0 spiro atoms. The van der Waals surface area contributed by atoms with Gasteiger partial charge in [-0.1, -0.05) is 12.1 Å². The molecule has 160 valence electrons. The van der Waals surface area contributed by atoms with E-state index in [1.165, 1.54) is 0 Å². The summed E-state index contributed by atoms with van der Waals surface area (Å²) in [6, 6.07) is 7.49. The molecule has 0 aliphatic rings. The number of carbonyl (C=O) groups is 1. The van der Waals surface area contributed by atoms with Crippen LogP contribution in [0.2, 0.25) is 6.04 Å². The third-order valence-electron chi connectivity index (χ3n) is 3.77. The monoisotopic (exact) mass is 414 g/mol. The van der Waals surface area contributed by atoms with Crippen LogP contribution in [-0.4, -0.2) is 54.1 Å². The van der Waals surface area contributed by atoms with Gasteiger partial charge < -0.3 is 27.5 Å². The number of ketones is 1. The van der Waals surface area contributed by atoms with Crippen LogP contribution < -0.4 is 4.74 Å². The number of benzene rings is 1. The van der Waals surface area contributed by atoms with Crippen molar-refractivity contribution in [2.24, 2.45) is 0 Å². The number of para-hydroxylation sites is 1. The van der Waals surface area contributed by atoms with Crippen molar-refractivity contribution in [3.05, 3.63) is 29.8 Å². The highest BCUT2D eigenvalue weighted by Gasteiger charge is 2.40. The molecule has 0 radical (unpaired) electrons. The van der Waals surface area contributed by atoms with Crippen LogP contribution in [0.15, 0.2) is 24.3 Å². The lowest BCUT2D eigenvalue weighted by molar-refractivity contribution is -0.242. The highest BCUT2D eigenvalue weighted by molar-refractivity contribution is 6.61. The molecule has 0 aliphatic carbocycles. The molecule has 0 amide bonds. The van der Waals surface area contributed by atoms with Crippen LogP contribution in [0, 0.1) is 0 Å². The largest absolute Gasteiger partial charge is 0.501 e. The van der Waals surface area contributed by atoms with Gasteiger partial charge in [0.05, 0.1) is 18.8 Å². The number of hydrogen-bond donors (Lipinski definition) is 0. The first-order valence-electron chi connectivity index (χ1n) is 9.99. The van der Waals surface area contributed by atoms with Crippen LogP contribution in [0.4, 0.5) is 0 Å². The van der Waals surface area contributed by atoms with Crippen LogP contribution in [0.1, 0.15) is 51.4 Å². The lowest BCUT2D eigenvalue weighted by Gasteiger charge is -2.28. The van der Waals surface area contributed by atoms with Crippen LogP contribution in [0.5, 0.6) is 5.75 Å². The predicted molar refractivity (Wildman–Crippen MR) is 108 cm³/mol. The molecular weight excluding hydrogens is 380 g/mol. The van der Waals surface area contributed by atoms with E-state index in [-0.39, 0.29) is 12.2 Å². The average Bonchev–Trinajstić information content (AvgIpc) is 2.68. The first-order valence-corrected chi connectivity index (χ1v) is 11.9. The molecule has 1 rings (SSSR count). The molecule has 7 nitrogen and oxygen atoms in total.